The van der Waals surface area contributed by atoms with Crippen molar-refractivity contribution in [2.45, 2.75) is 13.8 Å². The molecule has 0 heterocycles. The first-order valence-electron chi connectivity index (χ1n) is 3.87. The third-order valence-electron chi connectivity index (χ3n) is 2.17. The number of primary amides is 1. The molecule has 0 atom stereocenters. The molecule has 0 aromatic rings. The topological polar surface area (TPSA) is 97.5 Å². The molecule has 0 radical (unpaired) electrons. The molecule has 0 unspecified atom stereocenters. The van der Waals surface area contributed by atoms with Crippen molar-refractivity contribution in [3.05, 3.63) is 22.5 Å². The molecule has 0 fully saturated rings. The number of hydrogen-bond acceptors (Lipinski definition) is 4. The Labute approximate surface area is 79.9 Å². The number of aliphatic hydroxyl groups is 1. The van der Waals surface area contributed by atoms with Crippen LogP contribution in [0.4, 0.5) is 0 Å². The molecule has 0 aliphatic heterocycles. The largest absolute Gasteiger partial charge is 0.507 e. The lowest BCUT2D eigenvalue weighted by Crippen LogP contribution is -2.32. The number of amides is 1. The first-order valence-corrected chi connectivity index (χ1v) is 3.87. The Morgan fingerprint density at radius 1 is 1.14 bits per heavy atom. The van der Waals surface area contributed by atoms with E-state index in [0.717, 1.165) is 0 Å². The number of rotatable bonds is 1. The van der Waals surface area contributed by atoms with E-state index in [1.807, 2.05) is 0 Å². The number of carbonyl (C=O) groups is 3. The van der Waals surface area contributed by atoms with Crippen LogP contribution in [0.15, 0.2) is 22.5 Å². The molecule has 0 bridgehead atoms. The van der Waals surface area contributed by atoms with Crippen molar-refractivity contribution in [2.75, 3.05) is 0 Å². The van der Waals surface area contributed by atoms with Crippen LogP contribution in [0, 0.1) is 0 Å². The molecule has 5 nitrogen and oxygen atoms in total. The van der Waals surface area contributed by atoms with Crippen molar-refractivity contribution in [2.24, 2.45) is 5.73 Å². The second-order valence-electron chi connectivity index (χ2n) is 3.00. The van der Waals surface area contributed by atoms with Gasteiger partial charge in [0.25, 0.3) is 5.91 Å². The highest BCUT2D eigenvalue weighted by atomic mass is 16.3. The lowest BCUT2D eigenvalue weighted by molar-refractivity contribution is -0.133. The van der Waals surface area contributed by atoms with E-state index in [1.165, 1.54) is 13.8 Å². The predicted molar refractivity (Wildman–Crippen MR) is 47.2 cm³/mol. The molecular weight excluding hydrogens is 186 g/mol. The molecule has 0 saturated carbocycles. The summed E-state index contributed by atoms with van der Waals surface area (Å²) in [6.07, 6.45) is 0. The zero-order valence-electron chi connectivity index (χ0n) is 7.75. The molecule has 1 amide bonds. The van der Waals surface area contributed by atoms with Gasteiger partial charge >= 0.3 is 0 Å². The van der Waals surface area contributed by atoms with Crippen molar-refractivity contribution in [1.29, 1.82) is 0 Å². The lowest BCUT2D eigenvalue weighted by atomic mass is 9.90. The summed E-state index contributed by atoms with van der Waals surface area (Å²) < 4.78 is 0. The maximum absolute atomic E-state index is 11.2. The molecule has 1 aliphatic carbocycles. The third-order valence-corrected chi connectivity index (χ3v) is 2.17. The Balaban J connectivity index is 3.48. The van der Waals surface area contributed by atoms with E-state index >= 15 is 0 Å². The number of ketones is 2. The SMILES string of the molecule is CC1=C(C)C(O)=C(C(N)=O)C(=O)C1=O. The zero-order valence-corrected chi connectivity index (χ0v) is 7.75. The molecule has 74 valence electrons. The van der Waals surface area contributed by atoms with Crippen molar-refractivity contribution in [1.82, 2.24) is 0 Å². The summed E-state index contributed by atoms with van der Waals surface area (Å²) in [7, 11) is 0. The standard InChI is InChI=1S/C9H9NO4/c1-3-4(2)7(12)8(13)5(6(3)11)9(10)14/h11H,1-2H3,(H2,10,14). The monoisotopic (exact) mass is 195 g/mol. The summed E-state index contributed by atoms with van der Waals surface area (Å²) in [6, 6.07) is 0. The Bertz CT molecular complexity index is 415. The van der Waals surface area contributed by atoms with Crippen LogP contribution in [0.1, 0.15) is 13.8 Å². The van der Waals surface area contributed by atoms with Crippen molar-refractivity contribution >= 4 is 17.5 Å². The van der Waals surface area contributed by atoms with Crippen LogP contribution in [0.3, 0.4) is 0 Å². The summed E-state index contributed by atoms with van der Waals surface area (Å²) in [5, 5.41) is 9.41. The van der Waals surface area contributed by atoms with Gasteiger partial charge in [0.15, 0.2) is 0 Å². The van der Waals surface area contributed by atoms with Gasteiger partial charge in [-0.05, 0) is 19.4 Å². The molecule has 1 rings (SSSR count). The van der Waals surface area contributed by atoms with E-state index < -0.39 is 28.8 Å². The maximum atomic E-state index is 11.2. The zero-order chi connectivity index (χ0) is 11.0. The maximum Gasteiger partial charge on any atom is 0.256 e. The van der Waals surface area contributed by atoms with Crippen molar-refractivity contribution < 1.29 is 19.5 Å². The molecule has 0 aromatic heterocycles. The van der Waals surface area contributed by atoms with E-state index in [-0.39, 0.29) is 11.1 Å². The quantitative estimate of drug-likeness (QED) is 0.343. The first kappa shape index (κ1) is 10.2. The molecule has 0 aromatic carbocycles. The fourth-order valence-corrected chi connectivity index (χ4v) is 1.16. The normalized spacial score (nSPS) is 17.9. The van der Waals surface area contributed by atoms with Gasteiger partial charge in [-0.1, -0.05) is 0 Å². The van der Waals surface area contributed by atoms with Gasteiger partial charge < -0.3 is 10.8 Å². The van der Waals surface area contributed by atoms with Gasteiger partial charge in [-0.3, -0.25) is 14.4 Å². The summed E-state index contributed by atoms with van der Waals surface area (Å²) in [6.45, 7) is 2.85. The lowest BCUT2D eigenvalue weighted by Gasteiger charge is -2.14. The minimum atomic E-state index is -1.09. The fraction of sp³-hybridized carbons (Fsp3) is 0.222. The molecule has 0 saturated heterocycles. The highest BCUT2D eigenvalue weighted by Gasteiger charge is 2.33. The van der Waals surface area contributed by atoms with Gasteiger partial charge in [-0.2, -0.15) is 0 Å². The molecule has 1 aliphatic rings. The average Bonchev–Trinajstić information content (AvgIpc) is 2.11. The van der Waals surface area contributed by atoms with Crippen LogP contribution in [-0.4, -0.2) is 22.6 Å². The molecule has 5 heteroatoms. The third kappa shape index (κ3) is 1.22. The van der Waals surface area contributed by atoms with Gasteiger partial charge in [-0.15, -0.1) is 0 Å². The van der Waals surface area contributed by atoms with Crippen LogP contribution >= 0.6 is 0 Å². The van der Waals surface area contributed by atoms with E-state index in [0.29, 0.717) is 0 Å². The second kappa shape index (κ2) is 3.10. The summed E-state index contributed by atoms with van der Waals surface area (Å²) >= 11 is 0. The minimum Gasteiger partial charge on any atom is -0.507 e. The molecule has 14 heavy (non-hydrogen) atoms. The van der Waals surface area contributed by atoms with Crippen LogP contribution in [-0.2, 0) is 14.4 Å². The van der Waals surface area contributed by atoms with Crippen LogP contribution < -0.4 is 5.73 Å². The first-order chi connectivity index (χ1) is 6.37. The van der Waals surface area contributed by atoms with Crippen LogP contribution in [0.25, 0.3) is 0 Å². The number of carbonyl (C=O) groups excluding carboxylic acids is 3. The summed E-state index contributed by atoms with van der Waals surface area (Å²) in [5.74, 6) is -3.43. The molecule has 0 spiro atoms. The van der Waals surface area contributed by atoms with E-state index in [4.69, 9.17) is 5.73 Å². The highest BCUT2D eigenvalue weighted by molar-refractivity contribution is 6.55. The highest BCUT2D eigenvalue weighted by Crippen LogP contribution is 2.23. The van der Waals surface area contributed by atoms with Gasteiger partial charge in [-0.25, -0.2) is 0 Å². The average molecular weight is 195 g/mol. The van der Waals surface area contributed by atoms with E-state index in [2.05, 4.69) is 0 Å². The summed E-state index contributed by atoms with van der Waals surface area (Å²) in [4.78, 5) is 33.2. The predicted octanol–water partition coefficient (Wildman–Crippen LogP) is -0.228. The minimum absolute atomic E-state index is 0.137. The Morgan fingerprint density at radius 3 is 2.07 bits per heavy atom. The Hall–Kier alpha value is -1.91. The van der Waals surface area contributed by atoms with Gasteiger partial charge in [0.05, 0.1) is 0 Å². The van der Waals surface area contributed by atoms with E-state index in [9.17, 15) is 19.5 Å². The van der Waals surface area contributed by atoms with Gasteiger partial charge in [0.2, 0.25) is 11.6 Å². The van der Waals surface area contributed by atoms with E-state index in [1.54, 1.807) is 0 Å². The van der Waals surface area contributed by atoms with Crippen LogP contribution in [0.2, 0.25) is 0 Å². The number of aliphatic hydroxyl groups excluding tert-OH is 1. The number of Topliss-reactive ketones (excluding diaryl/α,β-unsaturated/α-hetero) is 2. The van der Waals surface area contributed by atoms with Crippen molar-refractivity contribution in [3.8, 4) is 0 Å². The fourth-order valence-electron chi connectivity index (χ4n) is 1.16. The smallest absolute Gasteiger partial charge is 0.256 e. The number of hydrogen-bond donors (Lipinski definition) is 2. The molecular formula is C9H9NO4. The molecule has 3 N–H and O–H groups in total. The Kier molecular flexibility index (Phi) is 2.25. The van der Waals surface area contributed by atoms with Gasteiger partial charge in [0.1, 0.15) is 11.3 Å². The number of allylic oxidation sites excluding steroid dienone is 2. The van der Waals surface area contributed by atoms with Crippen LogP contribution in [0.5, 0.6) is 0 Å². The number of nitrogens with two attached hydrogens (primary N) is 1. The Morgan fingerprint density at radius 2 is 1.64 bits per heavy atom. The van der Waals surface area contributed by atoms with Gasteiger partial charge in [0, 0.05) is 5.57 Å². The second-order valence-corrected chi connectivity index (χ2v) is 3.00. The van der Waals surface area contributed by atoms with Crippen molar-refractivity contribution in [3.63, 3.8) is 0 Å². The summed E-state index contributed by atoms with van der Waals surface area (Å²) in [5.41, 5.74) is 4.59.